The van der Waals surface area contributed by atoms with E-state index in [0.717, 1.165) is 18.7 Å². The van der Waals surface area contributed by atoms with Crippen LogP contribution in [-0.2, 0) is 4.79 Å². The number of nitrogens with zero attached hydrogens (tertiary/aromatic N) is 1. The molecule has 1 aliphatic heterocycles. The van der Waals surface area contributed by atoms with Crippen LogP contribution in [0.25, 0.3) is 0 Å². The van der Waals surface area contributed by atoms with Gasteiger partial charge in [-0.05, 0) is 12.3 Å². The van der Waals surface area contributed by atoms with E-state index >= 15 is 0 Å². The summed E-state index contributed by atoms with van der Waals surface area (Å²) in [4.78, 5) is 13.0. The fourth-order valence-corrected chi connectivity index (χ4v) is 1.49. The summed E-state index contributed by atoms with van der Waals surface area (Å²) < 4.78 is 0. The maximum Gasteiger partial charge on any atom is 0.226 e. The van der Waals surface area contributed by atoms with E-state index in [9.17, 15) is 4.79 Å². The largest absolute Gasteiger partial charge is 0.317 e. The smallest absolute Gasteiger partial charge is 0.226 e. The van der Waals surface area contributed by atoms with Gasteiger partial charge in [0.25, 0.3) is 0 Å². The quantitative estimate of drug-likeness (QED) is 0.562. The Morgan fingerprint density at radius 3 is 2.82 bits per heavy atom. The second-order valence-electron chi connectivity index (χ2n) is 3.23. The maximum atomic E-state index is 11.2. The first kappa shape index (κ1) is 8.31. The van der Waals surface area contributed by atoms with Crippen molar-refractivity contribution in [1.29, 1.82) is 0 Å². The van der Waals surface area contributed by atoms with Crippen LogP contribution >= 0.6 is 0 Å². The van der Waals surface area contributed by atoms with Crippen molar-refractivity contribution in [3.63, 3.8) is 0 Å². The van der Waals surface area contributed by atoms with Gasteiger partial charge in [-0.15, -0.1) is 0 Å². The summed E-state index contributed by atoms with van der Waals surface area (Å²) >= 11 is 0. The Morgan fingerprint density at radius 2 is 2.45 bits per heavy atom. The van der Waals surface area contributed by atoms with E-state index in [1.165, 1.54) is 0 Å². The van der Waals surface area contributed by atoms with Crippen LogP contribution in [0.1, 0.15) is 26.7 Å². The van der Waals surface area contributed by atoms with Gasteiger partial charge in [0.15, 0.2) is 0 Å². The first-order chi connectivity index (χ1) is 5.15. The van der Waals surface area contributed by atoms with Crippen LogP contribution < -0.4 is 0 Å². The Morgan fingerprint density at radius 1 is 1.82 bits per heavy atom. The zero-order chi connectivity index (χ0) is 8.43. The lowest BCUT2D eigenvalue weighted by Crippen LogP contribution is -2.25. The molecule has 0 bridgehead atoms. The molecular weight excluding hydrogens is 138 g/mol. The fraction of sp³-hybridized carbons (Fsp3) is 0.667. The van der Waals surface area contributed by atoms with Crippen LogP contribution in [0.5, 0.6) is 0 Å². The average Bonchev–Trinajstić information content (AvgIpc) is 2.28. The molecule has 11 heavy (non-hydrogen) atoms. The molecule has 1 aliphatic rings. The topological polar surface area (TPSA) is 20.3 Å². The number of amides is 1. The van der Waals surface area contributed by atoms with Gasteiger partial charge in [0, 0.05) is 18.7 Å². The van der Waals surface area contributed by atoms with Crippen LogP contribution in [0, 0.1) is 5.92 Å². The minimum absolute atomic E-state index is 0.208. The molecular formula is C9H15NO. The normalized spacial score (nSPS) is 24.4. The molecule has 1 saturated heterocycles. The monoisotopic (exact) mass is 153 g/mol. The highest BCUT2D eigenvalue weighted by Crippen LogP contribution is 2.24. The lowest BCUT2D eigenvalue weighted by molar-refractivity contribution is -0.128. The number of allylic oxidation sites excluding steroid dienone is 1. The Bertz CT molecular complexity index is 178. The third-order valence-corrected chi connectivity index (χ3v) is 2.06. The molecule has 2 nitrogen and oxygen atoms in total. The molecule has 1 amide bonds. The van der Waals surface area contributed by atoms with Gasteiger partial charge in [-0.1, -0.05) is 20.4 Å². The second kappa shape index (κ2) is 3.07. The molecule has 0 spiro atoms. The molecule has 0 radical (unpaired) electrons. The summed E-state index contributed by atoms with van der Waals surface area (Å²) in [6, 6.07) is 0. The van der Waals surface area contributed by atoms with Crippen LogP contribution in [0.2, 0.25) is 0 Å². The Hall–Kier alpha value is -0.790. The SMILES string of the molecule is C=C1CC(C)CN1C(=O)CC. The van der Waals surface area contributed by atoms with Crippen LogP contribution in [0.15, 0.2) is 12.3 Å². The molecule has 1 fully saturated rings. The van der Waals surface area contributed by atoms with E-state index in [0.29, 0.717) is 12.3 Å². The lowest BCUT2D eigenvalue weighted by Gasteiger charge is -2.15. The molecule has 0 aliphatic carbocycles. The molecule has 0 N–H and O–H groups in total. The van der Waals surface area contributed by atoms with E-state index < -0.39 is 0 Å². The van der Waals surface area contributed by atoms with E-state index in [2.05, 4.69) is 13.5 Å². The third kappa shape index (κ3) is 1.62. The van der Waals surface area contributed by atoms with Crippen molar-refractivity contribution in [1.82, 2.24) is 4.90 Å². The molecule has 2 heteroatoms. The summed E-state index contributed by atoms with van der Waals surface area (Å²) in [6.45, 7) is 8.76. The standard InChI is InChI=1S/C9H15NO/c1-4-9(11)10-6-7(2)5-8(10)3/h7H,3-6H2,1-2H3. The minimum atomic E-state index is 0.208. The molecule has 0 saturated carbocycles. The van der Waals surface area contributed by atoms with Crippen molar-refractivity contribution in [3.8, 4) is 0 Å². The van der Waals surface area contributed by atoms with E-state index in [-0.39, 0.29) is 5.91 Å². The highest BCUT2D eigenvalue weighted by atomic mass is 16.2. The van der Waals surface area contributed by atoms with Gasteiger partial charge < -0.3 is 4.90 Å². The zero-order valence-corrected chi connectivity index (χ0v) is 7.26. The van der Waals surface area contributed by atoms with Crippen molar-refractivity contribution in [2.75, 3.05) is 6.54 Å². The van der Waals surface area contributed by atoms with Gasteiger partial charge in [0.1, 0.15) is 0 Å². The molecule has 1 unspecified atom stereocenters. The van der Waals surface area contributed by atoms with Crippen molar-refractivity contribution < 1.29 is 4.79 Å². The zero-order valence-electron chi connectivity index (χ0n) is 7.26. The van der Waals surface area contributed by atoms with E-state index in [1.54, 1.807) is 0 Å². The molecule has 1 atom stereocenters. The maximum absolute atomic E-state index is 11.2. The van der Waals surface area contributed by atoms with Crippen LogP contribution in [0.3, 0.4) is 0 Å². The third-order valence-electron chi connectivity index (χ3n) is 2.06. The first-order valence-corrected chi connectivity index (χ1v) is 4.13. The summed E-state index contributed by atoms with van der Waals surface area (Å²) in [5.41, 5.74) is 0.990. The second-order valence-corrected chi connectivity index (χ2v) is 3.23. The molecule has 0 aromatic rings. The van der Waals surface area contributed by atoms with Crippen LogP contribution in [-0.4, -0.2) is 17.4 Å². The predicted octanol–water partition coefficient (Wildman–Crippen LogP) is 1.78. The van der Waals surface area contributed by atoms with Gasteiger partial charge in [-0.25, -0.2) is 0 Å². The van der Waals surface area contributed by atoms with Crippen molar-refractivity contribution >= 4 is 5.91 Å². The van der Waals surface area contributed by atoms with E-state index in [1.807, 2.05) is 11.8 Å². The number of hydrogen-bond acceptors (Lipinski definition) is 1. The molecule has 0 aromatic heterocycles. The van der Waals surface area contributed by atoms with Crippen molar-refractivity contribution in [3.05, 3.63) is 12.3 Å². The number of carbonyl (C=O) groups is 1. The number of carbonyl (C=O) groups excluding carboxylic acids is 1. The molecule has 1 rings (SSSR count). The molecule has 62 valence electrons. The summed E-state index contributed by atoms with van der Waals surface area (Å²) in [5.74, 6) is 0.803. The molecule has 0 aromatic carbocycles. The van der Waals surface area contributed by atoms with Crippen molar-refractivity contribution in [2.24, 2.45) is 5.92 Å². The predicted molar refractivity (Wildman–Crippen MR) is 44.9 cm³/mol. The van der Waals surface area contributed by atoms with Crippen molar-refractivity contribution in [2.45, 2.75) is 26.7 Å². The lowest BCUT2D eigenvalue weighted by atomic mass is 10.1. The first-order valence-electron chi connectivity index (χ1n) is 4.13. The van der Waals surface area contributed by atoms with Gasteiger partial charge in [0.05, 0.1) is 0 Å². The minimum Gasteiger partial charge on any atom is -0.317 e. The van der Waals surface area contributed by atoms with Gasteiger partial charge >= 0.3 is 0 Å². The summed E-state index contributed by atoms with van der Waals surface area (Å²) in [7, 11) is 0. The molecule has 1 heterocycles. The van der Waals surface area contributed by atoms with E-state index in [4.69, 9.17) is 0 Å². The average molecular weight is 153 g/mol. The number of rotatable bonds is 1. The highest BCUT2D eigenvalue weighted by molar-refractivity contribution is 5.78. The number of hydrogen-bond donors (Lipinski definition) is 0. The van der Waals surface area contributed by atoms with Gasteiger partial charge in [-0.3, -0.25) is 4.79 Å². The Labute approximate surface area is 67.9 Å². The Kier molecular flexibility index (Phi) is 2.32. The van der Waals surface area contributed by atoms with Gasteiger partial charge in [0.2, 0.25) is 5.91 Å². The van der Waals surface area contributed by atoms with Crippen LogP contribution in [0.4, 0.5) is 0 Å². The number of likely N-dealkylation sites (tertiary alicyclic amines) is 1. The van der Waals surface area contributed by atoms with Gasteiger partial charge in [-0.2, -0.15) is 0 Å². The summed E-state index contributed by atoms with van der Waals surface area (Å²) in [6.07, 6.45) is 1.57. The highest BCUT2D eigenvalue weighted by Gasteiger charge is 2.25. The summed E-state index contributed by atoms with van der Waals surface area (Å²) in [5, 5.41) is 0. The fourth-order valence-electron chi connectivity index (χ4n) is 1.49. The Balaban J connectivity index is 2.60.